The number of amides is 3. The number of nitrogens with zero attached hydrogens (tertiary/aromatic N) is 2. The standard InChI is InChI=1S/C18H24N4O3/c1-2-9-21(10-8-19)14-5-3-4-12-13(14)11-22(18(12)25)15-6-7-16(23)20-17(15)24/h3-5,15H,2,6-11,19H2,1H3,(H,20,23,24). The van der Waals surface area contributed by atoms with Gasteiger partial charge in [-0.05, 0) is 25.0 Å². The molecular weight excluding hydrogens is 320 g/mol. The number of nitrogens with one attached hydrogen (secondary N) is 1. The molecule has 1 fully saturated rings. The highest BCUT2D eigenvalue weighted by molar-refractivity contribution is 6.06. The zero-order chi connectivity index (χ0) is 18.0. The third-order valence-electron chi connectivity index (χ3n) is 4.79. The van der Waals surface area contributed by atoms with E-state index in [-0.39, 0.29) is 24.1 Å². The average molecular weight is 344 g/mol. The number of fused-ring (bicyclic) bond motifs is 1. The molecule has 7 heteroatoms. The fraction of sp³-hybridized carbons (Fsp3) is 0.500. The van der Waals surface area contributed by atoms with Crippen LogP contribution in [-0.2, 0) is 16.1 Å². The summed E-state index contributed by atoms with van der Waals surface area (Å²) < 4.78 is 0. The lowest BCUT2D eigenvalue weighted by molar-refractivity contribution is -0.136. The Bertz CT molecular complexity index is 698. The van der Waals surface area contributed by atoms with Crippen LogP contribution >= 0.6 is 0 Å². The van der Waals surface area contributed by atoms with E-state index in [1.807, 2.05) is 12.1 Å². The molecule has 3 rings (SSSR count). The summed E-state index contributed by atoms with van der Waals surface area (Å²) in [6.45, 7) is 4.61. The van der Waals surface area contributed by atoms with Gasteiger partial charge in [0.2, 0.25) is 11.8 Å². The largest absolute Gasteiger partial charge is 0.370 e. The lowest BCUT2D eigenvalue weighted by Gasteiger charge is -2.30. The Morgan fingerprint density at radius 2 is 2.08 bits per heavy atom. The molecule has 0 aliphatic carbocycles. The molecule has 1 unspecified atom stereocenters. The van der Waals surface area contributed by atoms with E-state index >= 15 is 0 Å². The van der Waals surface area contributed by atoms with Gasteiger partial charge in [-0.25, -0.2) is 0 Å². The second-order valence-electron chi connectivity index (χ2n) is 6.48. The van der Waals surface area contributed by atoms with Gasteiger partial charge in [0.15, 0.2) is 0 Å². The number of carbonyl (C=O) groups excluding carboxylic acids is 3. The number of carbonyl (C=O) groups is 3. The number of nitrogens with two attached hydrogens (primary N) is 1. The summed E-state index contributed by atoms with van der Waals surface area (Å²) in [7, 11) is 0. The monoisotopic (exact) mass is 344 g/mol. The normalized spacial score (nSPS) is 19.8. The minimum absolute atomic E-state index is 0.143. The predicted molar refractivity (Wildman–Crippen MR) is 94.0 cm³/mol. The van der Waals surface area contributed by atoms with Crippen molar-refractivity contribution in [2.24, 2.45) is 5.73 Å². The molecule has 1 aromatic carbocycles. The van der Waals surface area contributed by atoms with E-state index in [0.29, 0.717) is 25.1 Å². The van der Waals surface area contributed by atoms with Crippen molar-refractivity contribution in [1.82, 2.24) is 10.2 Å². The molecule has 0 spiro atoms. The molecule has 0 saturated carbocycles. The highest BCUT2D eigenvalue weighted by Crippen LogP contribution is 2.34. The molecule has 0 aromatic heterocycles. The molecule has 3 N–H and O–H groups in total. The minimum Gasteiger partial charge on any atom is -0.370 e. The van der Waals surface area contributed by atoms with Crippen LogP contribution in [0.4, 0.5) is 5.69 Å². The SMILES string of the molecule is CCCN(CCN)c1cccc2c1CN(C1CCC(=O)NC1=O)C2=O. The van der Waals surface area contributed by atoms with Gasteiger partial charge in [-0.2, -0.15) is 0 Å². The number of rotatable bonds is 6. The van der Waals surface area contributed by atoms with E-state index in [9.17, 15) is 14.4 Å². The van der Waals surface area contributed by atoms with Crippen molar-refractivity contribution in [3.8, 4) is 0 Å². The first-order valence-corrected chi connectivity index (χ1v) is 8.78. The molecule has 0 radical (unpaired) electrons. The fourth-order valence-electron chi connectivity index (χ4n) is 3.64. The van der Waals surface area contributed by atoms with Gasteiger partial charge in [-0.1, -0.05) is 13.0 Å². The maximum absolute atomic E-state index is 12.8. The smallest absolute Gasteiger partial charge is 0.255 e. The van der Waals surface area contributed by atoms with Crippen LogP contribution in [0.2, 0.25) is 0 Å². The van der Waals surface area contributed by atoms with Crippen molar-refractivity contribution in [2.75, 3.05) is 24.5 Å². The first-order valence-electron chi connectivity index (χ1n) is 8.78. The van der Waals surface area contributed by atoms with Crippen LogP contribution in [0.15, 0.2) is 18.2 Å². The zero-order valence-corrected chi connectivity index (χ0v) is 14.5. The lowest BCUT2D eigenvalue weighted by Crippen LogP contribution is -2.52. The van der Waals surface area contributed by atoms with Gasteiger partial charge in [-0.3, -0.25) is 19.7 Å². The quantitative estimate of drug-likeness (QED) is 0.738. The number of piperidine rings is 1. The number of imide groups is 1. The van der Waals surface area contributed by atoms with Crippen LogP contribution in [0, 0.1) is 0 Å². The lowest BCUT2D eigenvalue weighted by atomic mass is 10.0. The van der Waals surface area contributed by atoms with Crippen LogP contribution in [0.25, 0.3) is 0 Å². The van der Waals surface area contributed by atoms with E-state index in [0.717, 1.165) is 30.8 Å². The average Bonchev–Trinajstić information content (AvgIpc) is 2.92. The molecule has 7 nitrogen and oxygen atoms in total. The maximum atomic E-state index is 12.8. The van der Waals surface area contributed by atoms with E-state index < -0.39 is 6.04 Å². The van der Waals surface area contributed by atoms with Crippen molar-refractivity contribution < 1.29 is 14.4 Å². The van der Waals surface area contributed by atoms with Gasteiger partial charge in [0, 0.05) is 49.4 Å². The van der Waals surface area contributed by atoms with E-state index in [1.54, 1.807) is 11.0 Å². The van der Waals surface area contributed by atoms with Crippen LogP contribution < -0.4 is 16.0 Å². The van der Waals surface area contributed by atoms with Gasteiger partial charge in [0.05, 0.1) is 0 Å². The van der Waals surface area contributed by atoms with Gasteiger partial charge < -0.3 is 15.5 Å². The van der Waals surface area contributed by atoms with E-state index in [2.05, 4.69) is 17.1 Å². The molecule has 25 heavy (non-hydrogen) atoms. The van der Waals surface area contributed by atoms with Crippen LogP contribution in [-0.4, -0.2) is 48.3 Å². The van der Waals surface area contributed by atoms with Crippen molar-refractivity contribution >= 4 is 23.4 Å². The summed E-state index contributed by atoms with van der Waals surface area (Å²) in [5, 5.41) is 2.33. The number of benzene rings is 1. The molecule has 3 amide bonds. The Balaban J connectivity index is 1.89. The summed E-state index contributed by atoms with van der Waals surface area (Å²) >= 11 is 0. The van der Waals surface area contributed by atoms with Gasteiger partial charge in [0.25, 0.3) is 5.91 Å². The Morgan fingerprint density at radius 1 is 1.28 bits per heavy atom. The number of hydrogen-bond acceptors (Lipinski definition) is 5. The third-order valence-corrected chi connectivity index (χ3v) is 4.79. The highest BCUT2D eigenvalue weighted by Gasteiger charge is 2.40. The summed E-state index contributed by atoms with van der Waals surface area (Å²) in [5.41, 5.74) is 8.33. The molecule has 2 aliphatic rings. The molecule has 1 saturated heterocycles. The van der Waals surface area contributed by atoms with Gasteiger partial charge in [0.1, 0.15) is 6.04 Å². The maximum Gasteiger partial charge on any atom is 0.255 e. The molecule has 2 heterocycles. The molecule has 1 aromatic rings. The Hall–Kier alpha value is -2.41. The van der Waals surface area contributed by atoms with Crippen molar-refractivity contribution in [3.63, 3.8) is 0 Å². The second-order valence-corrected chi connectivity index (χ2v) is 6.48. The molecule has 1 atom stereocenters. The van der Waals surface area contributed by atoms with Crippen molar-refractivity contribution in [3.05, 3.63) is 29.3 Å². The molecule has 2 aliphatic heterocycles. The summed E-state index contributed by atoms with van der Waals surface area (Å²) in [5.74, 6) is -0.801. The van der Waals surface area contributed by atoms with Crippen LogP contribution in [0.1, 0.15) is 42.1 Å². The summed E-state index contributed by atoms with van der Waals surface area (Å²) in [4.78, 5) is 40.1. The topological polar surface area (TPSA) is 95.7 Å². The highest BCUT2D eigenvalue weighted by atomic mass is 16.2. The van der Waals surface area contributed by atoms with Crippen LogP contribution in [0.5, 0.6) is 0 Å². The zero-order valence-electron chi connectivity index (χ0n) is 14.5. The Labute approximate surface area is 147 Å². The minimum atomic E-state index is -0.584. The Morgan fingerprint density at radius 3 is 2.76 bits per heavy atom. The molecule has 134 valence electrons. The molecule has 0 bridgehead atoms. The van der Waals surface area contributed by atoms with Crippen molar-refractivity contribution in [1.29, 1.82) is 0 Å². The number of hydrogen-bond donors (Lipinski definition) is 2. The predicted octanol–water partition coefficient (Wildman–Crippen LogP) is 0.623. The van der Waals surface area contributed by atoms with Crippen molar-refractivity contribution in [2.45, 2.75) is 38.8 Å². The first kappa shape index (κ1) is 17.4. The Kier molecular flexibility index (Phi) is 5.03. The number of anilines is 1. The first-order chi connectivity index (χ1) is 12.1. The second kappa shape index (κ2) is 7.23. The summed E-state index contributed by atoms with van der Waals surface area (Å²) in [6.07, 6.45) is 1.62. The van der Waals surface area contributed by atoms with Gasteiger partial charge >= 0.3 is 0 Å². The van der Waals surface area contributed by atoms with Gasteiger partial charge in [-0.15, -0.1) is 0 Å². The van der Waals surface area contributed by atoms with Crippen LogP contribution in [0.3, 0.4) is 0 Å². The fourth-order valence-corrected chi connectivity index (χ4v) is 3.64. The molecular formula is C18H24N4O3. The van der Waals surface area contributed by atoms with E-state index in [4.69, 9.17) is 5.73 Å². The summed E-state index contributed by atoms with van der Waals surface area (Å²) in [6, 6.07) is 5.10. The van der Waals surface area contributed by atoms with E-state index in [1.165, 1.54) is 0 Å². The third kappa shape index (κ3) is 3.24.